The van der Waals surface area contributed by atoms with Gasteiger partial charge < -0.3 is 19.9 Å². The number of Topliss-reactive ketones (excluding diaryl/α,β-unsaturated/α-hetero) is 1. The molecule has 3 saturated carbocycles. The van der Waals surface area contributed by atoms with Gasteiger partial charge in [-0.15, -0.1) is 0 Å². The fourth-order valence-electron chi connectivity index (χ4n) is 5.75. The molecule has 4 aliphatic rings. The van der Waals surface area contributed by atoms with Gasteiger partial charge in [0.05, 0.1) is 11.1 Å². The van der Waals surface area contributed by atoms with Crippen molar-refractivity contribution in [2.45, 2.75) is 56.3 Å². The van der Waals surface area contributed by atoms with Crippen LogP contribution in [0.2, 0.25) is 10.0 Å². The number of ether oxygens (including phenoxy) is 2. The summed E-state index contributed by atoms with van der Waals surface area (Å²) in [6.07, 6.45) is 2.12. The summed E-state index contributed by atoms with van der Waals surface area (Å²) >= 11 is 11.7. The van der Waals surface area contributed by atoms with E-state index in [4.69, 9.17) is 32.7 Å². The molecule has 34 heavy (non-hydrogen) atoms. The number of nitrogens with one attached hydrogen (secondary N) is 1. The number of fused-ring (bicyclic) bond motifs is 2. The maximum Gasteiger partial charge on any atom is 0.258 e. The minimum Gasteiger partial charge on any atom is -0.484 e. The van der Waals surface area contributed by atoms with Crippen LogP contribution in [0.5, 0.6) is 11.5 Å². The third-order valence-electron chi connectivity index (χ3n) is 7.17. The maximum atomic E-state index is 13.5. The molecule has 2 bridgehead atoms. The van der Waals surface area contributed by atoms with E-state index in [0.29, 0.717) is 35.6 Å². The number of halogens is 3. The van der Waals surface area contributed by atoms with Crippen molar-refractivity contribution in [3.05, 3.63) is 57.8 Å². The monoisotopic (exact) mass is 507 g/mol. The van der Waals surface area contributed by atoms with E-state index in [-0.39, 0.29) is 46.4 Å². The highest BCUT2D eigenvalue weighted by molar-refractivity contribution is 6.31. The molecule has 1 amide bonds. The second kappa shape index (κ2) is 8.70. The summed E-state index contributed by atoms with van der Waals surface area (Å²) < 4.78 is 24.8. The fourth-order valence-corrected chi connectivity index (χ4v) is 6.05. The summed E-state index contributed by atoms with van der Waals surface area (Å²) in [6, 6.07) is 9.03. The molecule has 0 saturated heterocycles. The van der Waals surface area contributed by atoms with Gasteiger partial charge in [0, 0.05) is 35.0 Å². The van der Waals surface area contributed by atoms with Gasteiger partial charge in [0.25, 0.3) is 5.91 Å². The highest BCUT2D eigenvalue weighted by Crippen LogP contribution is 2.63. The summed E-state index contributed by atoms with van der Waals surface area (Å²) in [5.74, 6) is -0.209. The van der Waals surface area contributed by atoms with Gasteiger partial charge in [0.2, 0.25) is 0 Å². The van der Waals surface area contributed by atoms with E-state index in [2.05, 4.69) is 5.32 Å². The van der Waals surface area contributed by atoms with Crippen LogP contribution < -0.4 is 14.8 Å². The molecule has 2 aromatic rings. The Kier molecular flexibility index (Phi) is 5.99. The smallest absolute Gasteiger partial charge is 0.258 e. The third kappa shape index (κ3) is 4.49. The zero-order valence-electron chi connectivity index (χ0n) is 18.3. The number of aliphatic hydroxyl groups excluding tert-OH is 1. The number of ketones is 1. The summed E-state index contributed by atoms with van der Waals surface area (Å²) in [7, 11) is 0. The molecule has 6 rings (SSSR count). The quantitative estimate of drug-likeness (QED) is 0.562. The molecule has 0 radical (unpaired) electrons. The number of benzene rings is 2. The average Bonchev–Trinajstić information content (AvgIpc) is 3.29. The second-order valence-corrected chi connectivity index (χ2v) is 10.6. The Hall–Kier alpha value is -2.35. The first kappa shape index (κ1) is 23.4. The van der Waals surface area contributed by atoms with Crippen LogP contribution in [0.25, 0.3) is 0 Å². The lowest BCUT2D eigenvalue weighted by atomic mass is 9.62. The molecule has 0 unspecified atom stereocenters. The van der Waals surface area contributed by atoms with E-state index in [1.54, 1.807) is 18.2 Å². The van der Waals surface area contributed by atoms with Crippen LogP contribution in [0, 0.1) is 11.2 Å². The van der Waals surface area contributed by atoms with Gasteiger partial charge in [0.15, 0.2) is 18.5 Å². The molecule has 0 spiro atoms. The van der Waals surface area contributed by atoms with Crippen molar-refractivity contribution in [2.75, 3.05) is 6.61 Å². The molecule has 3 fully saturated rings. The van der Waals surface area contributed by atoms with E-state index >= 15 is 0 Å². The molecular weight excluding hydrogens is 484 g/mol. The Morgan fingerprint density at radius 3 is 2.74 bits per heavy atom. The van der Waals surface area contributed by atoms with E-state index < -0.39 is 18.0 Å². The molecule has 2 atom stereocenters. The van der Waals surface area contributed by atoms with Crippen LogP contribution in [0.15, 0.2) is 36.4 Å². The van der Waals surface area contributed by atoms with Crippen molar-refractivity contribution in [1.29, 1.82) is 0 Å². The Morgan fingerprint density at radius 1 is 1.18 bits per heavy atom. The van der Waals surface area contributed by atoms with Gasteiger partial charge in [-0.1, -0.05) is 23.2 Å². The Balaban J connectivity index is 1.13. The first-order chi connectivity index (χ1) is 16.2. The van der Waals surface area contributed by atoms with Gasteiger partial charge in [-0.3, -0.25) is 9.59 Å². The van der Waals surface area contributed by atoms with Crippen molar-refractivity contribution in [2.24, 2.45) is 5.41 Å². The molecule has 1 aliphatic heterocycles. The average molecular weight is 508 g/mol. The minimum absolute atomic E-state index is 0.0104. The van der Waals surface area contributed by atoms with Crippen molar-refractivity contribution < 1.29 is 28.6 Å². The zero-order valence-corrected chi connectivity index (χ0v) is 19.8. The Morgan fingerprint density at radius 2 is 1.97 bits per heavy atom. The van der Waals surface area contributed by atoms with E-state index in [9.17, 15) is 19.1 Å². The van der Waals surface area contributed by atoms with Crippen LogP contribution >= 0.6 is 23.2 Å². The molecule has 3 aliphatic carbocycles. The number of carbonyl (C=O) groups excluding carboxylic acids is 2. The van der Waals surface area contributed by atoms with Gasteiger partial charge in [-0.2, -0.15) is 0 Å². The number of carbonyl (C=O) groups is 2. The molecule has 1 heterocycles. The highest BCUT2D eigenvalue weighted by Gasteiger charge is 2.62. The summed E-state index contributed by atoms with van der Waals surface area (Å²) in [5, 5.41) is 14.0. The standard InChI is InChI=1S/C25H24Cl2FNO5/c26-14-1-4-21-16(7-14)19(30)9-22(34-21)20(31)10-24-5-6-25(12-24,13-24)29-23(32)11-33-15-2-3-17(27)18(28)8-15/h1-4,7-8,19,22,30H,5-6,9-13H2,(H,29,32)/t19-,22-,24?,25?/m1/s1. The van der Waals surface area contributed by atoms with Gasteiger partial charge in [-0.05, 0) is 61.4 Å². The molecule has 2 aromatic carbocycles. The highest BCUT2D eigenvalue weighted by atomic mass is 35.5. The van der Waals surface area contributed by atoms with Crippen LogP contribution in [-0.2, 0) is 9.59 Å². The topological polar surface area (TPSA) is 84.9 Å². The second-order valence-electron chi connectivity index (χ2n) is 9.73. The Labute approximate surface area is 206 Å². The molecule has 6 nitrogen and oxygen atoms in total. The van der Waals surface area contributed by atoms with E-state index in [0.717, 1.165) is 18.9 Å². The predicted molar refractivity (Wildman–Crippen MR) is 124 cm³/mol. The molecule has 0 aromatic heterocycles. The fraction of sp³-hybridized carbons (Fsp3) is 0.440. The number of amides is 1. The van der Waals surface area contributed by atoms with E-state index in [1.807, 2.05) is 0 Å². The third-order valence-corrected chi connectivity index (χ3v) is 7.71. The largest absolute Gasteiger partial charge is 0.484 e. The summed E-state index contributed by atoms with van der Waals surface area (Å²) in [4.78, 5) is 25.5. The van der Waals surface area contributed by atoms with Gasteiger partial charge >= 0.3 is 0 Å². The van der Waals surface area contributed by atoms with Crippen molar-refractivity contribution >= 4 is 34.9 Å². The van der Waals surface area contributed by atoms with Crippen molar-refractivity contribution in [3.8, 4) is 11.5 Å². The minimum atomic E-state index is -0.800. The lowest BCUT2D eigenvalue weighted by Crippen LogP contribution is -2.57. The van der Waals surface area contributed by atoms with Gasteiger partial charge in [0.1, 0.15) is 17.3 Å². The first-order valence-electron chi connectivity index (χ1n) is 11.2. The number of hydrogen-bond donors (Lipinski definition) is 2. The van der Waals surface area contributed by atoms with Crippen molar-refractivity contribution in [1.82, 2.24) is 5.32 Å². The van der Waals surface area contributed by atoms with E-state index in [1.165, 1.54) is 12.1 Å². The van der Waals surface area contributed by atoms with Gasteiger partial charge in [-0.25, -0.2) is 4.39 Å². The normalized spacial score (nSPS) is 28.9. The van der Waals surface area contributed by atoms with Crippen LogP contribution in [0.1, 0.15) is 50.2 Å². The summed E-state index contributed by atoms with van der Waals surface area (Å²) in [5.41, 5.74) is 0.117. The Bertz CT molecular complexity index is 1150. The zero-order chi connectivity index (χ0) is 24.1. The maximum absolute atomic E-state index is 13.5. The number of hydrogen-bond acceptors (Lipinski definition) is 5. The van der Waals surface area contributed by atoms with Crippen LogP contribution in [-0.4, -0.2) is 35.0 Å². The number of aliphatic hydroxyl groups is 1. The first-order valence-corrected chi connectivity index (χ1v) is 12.0. The molecule has 180 valence electrons. The lowest BCUT2D eigenvalue weighted by Gasteiger charge is -2.48. The lowest BCUT2D eigenvalue weighted by molar-refractivity contribution is -0.133. The van der Waals surface area contributed by atoms with Crippen LogP contribution in [0.4, 0.5) is 4.39 Å². The summed E-state index contributed by atoms with van der Waals surface area (Å²) in [6.45, 7) is -0.230. The SMILES string of the molecule is O=C(COc1ccc(Cl)c(F)c1)NC12CCC(CC(=O)[C@H]3C[C@@H](O)c4cc(Cl)ccc4O3)(C1)C2. The van der Waals surface area contributed by atoms with Crippen LogP contribution in [0.3, 0.4) is 0 Å². The molecule has 2 N–H and O–H groups in total. The molecular formula is C25H24Cl2FNO5. The predicted octanol–water partition coefficient (Wildman–Crippen LogP) is 4.78. The number of rotatable bonds is 7. The molecule has 9 heteroatoms. The van der Waals surface area contributed by atoms with Crippen molar-refractivity contribution in [3.63, 3.8) is 0 Å².